The Balaban J connectivity index is 2.69. The van der Waals surface area contributed by atoms with Crippen molar-refractivity contribution < 1.29 is 14.0 Å². The van der Waals surface area contributed by atoms with Crippen molar-refractivity contribution in [2.24, 2.45) is 0 Å². The normalized spacial score (nSPS) is 10.4. The molecule has 0 saturated carbocycles. The van der Waals surface area contributed by atoms with Crippen LogP contribution in [0.3, 0.4) is 0 Å². The summed E-state index contributed by atoms with van der Waals surface area (Å²) in [6, 6.07) is 5.83. The monoisotopic (exact) mass is 266 g/mol. The quantitative estimate of drug-likeness (QED) is 0.887. The lowest BCUT2D eigenvalue weighted by atomic mass is 10.2. The summed E-state index contributed by atoms with van der Waals surface area (Å²) in [6.45, 7) is 5.36. The van der Waals surface area contributed by atoms with E-state index < -0.39 is 5.82 Å². The molecule has 0 atom stereocenters. The number of carbonyl (C=O) groups excluding carboxylic acids is 2. The van der Waals surface area contributed by atoms with Crippen LogP contribution in [-0.4, -0.2) is 24.4 Å². The Labute approximate surface area is 112 Å². The number of carbonyl (C=O) groups is 2. The lowest BCUT2D eigenvalue weighted by Gasteiger charge is -2.21. The summed E-state index contributed by atoms with van der Waals surface area (Å²) >= 11 is 0. The highest BCUT2D eigenvalue weighted by molar-refractivity contribution is 5.92. The van der Waals surface area contributed by atoms with Gasteiger partial charge in [-0.1, -0.05) is 6.07 Å². The van der Waals surface area contributed by atoms with Gasteiger partial charge in [0, 0.05) is 31.6 Å². The van der Waals surface area contributed by atoms with Gasteiger partial charge in [0.05, 0.1) is 0 Å². The molecule has 1 N–H and O–H groups in total. The van der Waals surface area contributed by atoms with E-state index in [9.17, 15) is 14.0 Å². The highest BCUT2D eigenvalue weighted by Gasteiger charge is 2.14. The lowest BCUT2D eigenvalue weighted by Crippen LogP contribution is -2.36. The predicted octanol–water partition coefficient (Wildman–Crippen LogP) is 2.09. The number of hydrogen-bond acceptors (Lipinski definition) is 2. The average Bonchev–Trinajstić information content (AvgIpc) is 2.27. The summed E-state index contributed by atoms with van der Waals surface area (Å²) in [5.74, 6) is -0.754. The van der Waals surface area contributed by atoms with E-state index in [4.69, 9.17) is 0 Å². The van der Waals surface area contributed by atoms with Gasteiger partial charge in [0.15, 0.2) is 0 Å². The van der Waals surface area contributed by atoms with Crippen LogP contribution in [0.5, 0.6) is 0 Å². The molecule has 0 fully saturated rings. The summed E-state index contributed by atoms with van der Waals surface area (Å²) in [5, 5.41) is 2.75. The summed E-state index contributed by atoms with van der Waals surface area (Å²) in [5.41, 5.74) is 0.463. The Kier molecular flexibility index (Phi) is 5.48. The zero-order valence-corrected chi connectivity index (χ0v) is 11.4. The fourth-order valence-electron chi connectivity index (χ4n) is 1.72. The van der Waals surface area contributed by atoms with Gasteiger partial charge in [0.2, 0.25) is 11.8 Å². The van der Waals surface area contributed by atoms with E-state index in [1.165, 1.54) is 30.0 Å². The minimum Gasteiger partial charge on any atom is -0.354 e. The van der Waals surface area contributed by atoms with Crippen molar-refractivity contribution in [1.82, 2.24) is 5.32 Å². The molecular formula is C14H19FN2O2. The van der Waals surface area contributed by atoms with Crippen LogP contribution in [0.1, 0.15) is 27.2 Å². The summed E-state index contributed by atoms with van der Waals surface area (Å²) in [6.07, 6.45) is 0.189. The molecule has 0 aromatic heterocycles. The van der Waals surface area contributed by atoms with E-state index >= 15 is 0 Å². The number of nitrogens with zero attached hydrogens (tertiary/aromatic N) is 1. The first-order valence-corrected chi connectivity index (χ1v) is 6.23. The van der Waals surface area contributed by atoms with Crippen molar-refractivity contribution in [3.8, 4) is 0 Å². The van der Waals surface area contributed by atoms with Crippen molar-refractivity contribution in [3.05, 3.63) is 30.1 Å². The molecule has 2 amide bonds. The molecule has 19 heavy (non-hydrogen) atoms. The van der Waals surface area contributed by atoms with Crippen LogP contribution in [0.15, 0.2) is 24.3 Å². The third kappa shape index (κ3) is 5.07. The van der Waals surface area contributed by atoms with Gasteiger partial charge < -0.3 is 10.2 Å². The van der Waals surface area contributed by atoms with Gasteiger partial charge >= 0.3 is 0 Å². The molecule has 0 saturated heterocycles. The average molecular weight is 266 g/mol. The Hall–Kier alpha value is -1.91. The fourth-order valence-corrected chi connectivity index (χ4v) is 1.72. The van der Waals surface area contributed by atoms with Crippen molar-refractivity contribution >= 4 is 17.5 Å². The molecule has 1 aromatic carbocycles. The molecule has 0 bridgehead atoms. The molecule has 4 nitrogen and oxygen atoms in total. The van der Waals surface area contributed by atoms with Gasteiger partial charge in [-0.25, -0.2) is 4.39 Å². The second kappa shape index (κ2) is 6.87. The van der Waals surface area contributed by atoms with Gasteiger partial charge in [0.1, 0.15) is 5.82 Å². The van der Waals surface area contributed by atoms with Gasteiger partial charge in [0.25, 0.3) is 0 Å². The van der Waals surface area contributed by atoms with Gasteiger partial charge in [-0.2, -0.15) is 0 Å². The summed E-state index contributed by atoms with van der Waals surface area (Å²) in [4.78, 5) is 24.5. The first-order valence-electron chi connectivity index (χ1n) is 6.23. The number of amides is 2. The maximum Gasteiger partial charge on any atom is 0.223 e. The smallest absolute Gasteiger partial charge is 0.223 e. The summed E-state index contributed by atoms with van der Waals surface area (Å²) in [7, 11) is 0. The van der Waals surface area contributed by atoms with E-state index in [-0.39, 0.29) is 30.8 Å². The standard InChI is InChI=1S/C14H19FN2O2/c1-10(2)16-14(19)7-8-17(11(3)18)13-6-4-5-12(15)9-13/h4-6,9-10H,7-8H2,1-3H3,(H,16,19). The molecule has 1 rings (SSSR count). The molecule has 0 unspecified atom stereocenters. The maximum atomic E-state index is 13.1. The number of rotatable bonds is 5. The third-order valence-electron chi connectivity index (χ3n) is 2.51. The van der Waals surface area contributed by atoms with Crippen LogP contribution < -0.4 is 10.2 Å². The third-order valence-corrected chi connectivity index (χ3v) is 2.51. The van der Waals surface area contributed by atoms with E-state index in [0.29, 0.717) is 5.69 Å². The molecule has 5 heteroatoms. The van der Waals surface area contributed by atoms with Gasteiger partial charge in [-0.15, -0.1) is 0 Å². The number of benzene rings is 1. The number of nitrogens with one attached hydrogen (secondary N) is 1. The topological polar surface area (TPSA) is 49.4 Å². The first kappa shape index (κ1) is 15.1. The largest absolute Gasteiger partial charge is 0.354 e. The van der Waals surface area contributed by atoms with Crippen LogP contribution in [-0.2, 0) is 9.59 Å². The first-order chi connectivity index (χ1) is 8.90. The molecule has 104 valence electrons. The van der Waals surface area contributed by atoms with Crippen LogP contribution >= 0.6 is 0 Å². The highest BCUT2D eigenvalue weighted by atomic mass is 19.1. The van der Waals surface area contributed by atoms with Crippen LogP contribution in [0.4, 0.5) is 10.1 Å². The fraction of sp³-hybridized carbons (Fsp3) is 0.429. The van der Waals surface area contributed by atoms with E-state index in [0.717, 1.165) is 0 Å². The number of hydrogen-bond donors (Lipinski definition) is 1. The van der Waals surface area contributed by atoms with Crippen molar-refractivity contribution in [3.63, 3.8) is 0 Å². The molecule has 0 aliphatic heterocycles. The minimum atomic E-state index is -0.407. The molecule has 0 aliphatic rings. The van der Waals surface area contributed by atoms with Crippen LogP contribution in [0.2, 0.25) is 0 Å². The van der Waals surface area contributed by atoms with Gasteiger partial charge in [-0.05, 0) is 32.0 Å². The van der Waals surface area contributed by atoms with Crippen molar-refractivity contribution in [2.45, 2.75) is 33.2 Å². The maximum absolute atomic E-state index is 13.1. The predicted molar refractivity (Wildman–Crippen MR) is 72.3 cm³/mol. The second-order valence-electron chi connectivity index (χ2n) is 4.62. The Morgan fingerprint density at radius 2 is 2.05 bits per heavy atom. The van der Waals surface area contributed by atoms with Crippen LogP contribution in [0.25, 0.3) is 0 Å². The second-order valence-corrected chi connectivity index (χ2v) is 4.62. The minimum absolute atomic E-state index is 0.0625. The number of anilines is 1. The molecule has 0 aliphatic carbocycles. The molecule has 0 radical (unpaired) electrons. The highest BCUT2D eigenvalue weighted by Crippen LogP contribution is 2.16. The lowest BCUT2D eigenvalue weighted by molar-refractivity contribution is -0.121. The number of halogens is 1. The van der Waals surface area contributed by atoms with E-state index in [1.54, 1.807) is 6.07 Å². The molecule has 0 heterocycles. The Morgan fingerprint density at radius 3 is 2.58 bits per heavy atom. The molecule has 0 spiro atoms. The van der Waals surface area contributed by atoms with E-state index in [1.807, 2.05) is 13.8 Å². The Bertz CT molecular complexity index is 461. The SMILES string of the molecule is CC(=O)N(CCC(=O)NC(C)C)c1cccc(F)c1. The van der Waals surface area contributed by atoms with Crippen LogP contribution in [0, 0.1) is 5.82 Å². The molecule has 1 aromatic rings. The zero-order chi connectivity index (χ0) is 14.4. The van der Waals surface area contributed by atoms with Crippen molar-refractivity contribution in [1.29, 1.82) is 0 Å². The Morgan fingerprint density at radius 1 is 1.37 bits per heavy atom. The summed E-state index contributed by atoms with van der Waals surface area (Å²) < 4.78 is 13.1. The van der Waals surface area contributed by atoms with E-state index in [2.05, 4.69) is 5.32 Å². The van der Waals surface area contributed by atoms with Gasteiger partial charge in [-0.3, -0.25) is 9.59 Å². The van der Waals surface area contributed by atoms with Crippen molar-refractivity contribution in [2.75, 3.05) is 11.4 Å². The zero-order valence-electron chi connectivity index (χ0n) is 11.4. The molecular weight excluding hydrogens is 247 g/mol.